The van der Waals surface area contributed by atoms with Crippen LogP contribution in [0, 0.1) is 12.3 Å². The first-order valence-electron chi connectivity index (χ1n) is 6.12. The number of carboxylic acid groups (broad SMARTS) is 1. The number of carbonyl (C=O) groups is 2. The van der Waals surface area contributed by atoms with Crippen molar-refractivity contribution < 1.29 is 14.7 Å². The van der Waals surface area contributed by atoms with Crippen molar-refractivity contribution in [3.05, 3.63) is 28.0 Å². The first-order chi connectivity index (χ1) is 8.89. The number of thiophene rings is 1. The Morgan fingerprint density at radius 3 is 2.68 bits per heavy atom. The number of amides is 1. The minimum absolute atomic E-state index is 0.130. The highest BCUT2D eigenvalue weighted by molar-refractivity contribution is 7.11. The molecule has 1 amide bonds. The van der Waals surface area contributed by atoms with Crippen LogP contribution < -0.4 is 5.32 Å². The van der Waals surface area contributed by atoms with Crippen molar-refractivity contribution in [3.8, 4) is 0 Å². The van der Waals surface area contributed by atoms with Gasteiger partial charge < -0.3 is 10.4 Å². The molecule has 0 aliphatic heterocycles. The third-order valence-corrected chi connectivity index (χ3v) is 4.22. The number of carboxylic acids is 1. The molecule has 0 fully saturated rings. The van der Waals surface area contributed by atoms with Crippen LogP contribution in [0.15, 0.2) is 17.5 Å². The van der Waals surface area contributed by atoms with Crippen molar-refractivity contribution in [1.82, 2.24) is 5.32 Å². The van der Waals surface area contributed by atoms with E-state index in [1.807, 2.05) is 18.4 Å². The molecule has 1 aromatic heterocycles. The fourth-order valence-electron chi connectivity index (χ4n) is 1.40. The van der Waals surface area contributed by atoms with E-state index in [4.69, 9.17) is 5.11 Å². The van der Waals surface area contributed by atoms with E-state index in [0.717, 1.165) is 10.4 Å². The van der Waals surface area contributed by atoms with E-state index in [2.05, 4.69) is 5.32 Å². The third kappa shape index (κ3) is 4.21. The second-order valence-corrected chi connectivity index (χ2v) is 5.69. The van der Waals surface area contributed by atoms with Crippen LogP contribution >= 0.6 is 11.3 Å². The lowest BCUT2D eigenvalue weighted by Crippen LogP contribution is -2.40. The zero-order valence-electron chi connectivity index (χ0n) is 11.4. The van der Waals surface area contributed by atoms with Crippen molar-refractivity contribution in [2.24, 2.45) is 5.41 Å². The summed E-state index contributed by atoms with van der Waals surface area (Å²) in [5.41, 5.74) is 0.209. The zero-order chi connectivity index (χ0) is 14.5. The summed E-state index contributed by atoms with van der Waals surface area (Å²) in [4.78, 5) is 23.8. The molecule has 1 aromatic rings. The molecular weight excluding hydrogens is 262 g/mol. The second kappa shape index (κ2) is 6.52. The maximum absolute atomic E-state index is 11.6. The minimum atomic E-state index is -0.914. The summed E-state index contributed by atoms with van der Waals surface area (Å²) >= 11 is 1.56. The number of rotatable bonds is 6. The molecule has 104 valence electrons. The van der Waals surface area contributed by atoms with Crippen molar-refractivity contribution in [3.63, 3.8) is 0 Å². The molecule has 0 aromatic carbocycles. The molecule has 0 bridgehead atoms. The van der Waals surface area contributed by atoms with Gasteiger partial charge in [-0.1, -0.05) is 6.92 Å². The predicted octanol–water partition coefficient (Wildman–Crippen LogP) is 2.69. The Bertz CT molecular complexity index is 493. The number of aryl methyl sites for hydroxylation is 1. The normalized spacial score (nSPS) is 14.3. The van der Waals surface area contributed by atoms with Crippen molar-refractivity contribution in [2.45, 2.75) is 27.2 Å². The van der Waals surface area contributed by atoms with E-state index in [0.29, 0.717) is 6.42 Å². The van der Waals surface area contributed by atoms with Crippen LogP contribution in [0.1, 0.15) is 30.7 Å². The Labute approximate surface area is 117 Å². The molecule has 19 heavy (non-hydrogen) atoms. The fourth-order valence-corrected chi connectivity index (χ4v) is 2.22. The van der Waals surface area contributed by atoms with E-state index < -0.39 is 11.4 Å². The van der Waals surface area contributed by atoms with Crippen LogP contribution in [-0.2, 0) is 9.59 Å². The summed E-state index contributed by atoms with van der Waals surface area (Å²) in [6, 6.07) is 1.99. The van der Waals surface area contributed by atoms with E-state index in [9.17, 15) is 9.59 Å². The van der Waals surface area contributed by atoms with Gasteiger partial charge in [-0.2, -0.15) is 0 Å². The van der Waals surface area contributed by atoms with Crippen LogP contribution in [-0.4, -0.2) is 23.5 Å². The number of aliphatic carboxylic acids is 1. The molecule has 2 N–H and O–H groups in total. The van der Waals surface area contributed by atoms with Gasteiger partial charge in [0.15, 0.2) is 0 Å². The SMILES string of the molecule is CCC(C)(CNC(=O)/C=C/c1sccc1C)C(=O)O. The molecule has 0 radical (unpaired) electrons. The monoisotopic (exact) mass is 281 g/mol. The van der Waals surface area contributed by atoms with Crippen LogP contribution in [0.2, 0.25) is 0 Å². The molecule has 1 atom stereocenters. The number of hydrogen-bond acceptors (Lipinski definition) is 3. The Hall–Kier alpha value is -1.62. The molecule has 0 aliphatic rings. The summed E-state index contributed by atoms with van der Waals surface area (Å²) in [5, 5.41) is 13.7. The molecule has 0 saturated carbocycles. The summed E-state index contributed by atoms with van der Waals surface area (Å²) in [5.74, 6) is -1.16. The van der Waals surface area contributed by atoms with Gasteiger partial charge >= 0.3 is 5.97 Å². The average Bonchev–Trinajstić information content (AvgIpc) is 2.78. The lowest BCUT2D eigenvalue weighted by atomic mass is 9.88. The summed E-state index contributed by atoms with van der Waals surface area (Å²) in [7, 11) is 0. The van der Waals surface area contributed by atoms with Crippen molar-refractivity contribution in [1.29, 1.82) is 0 Å². The van der Waals surface area contributed by atoms with Gasteiger partial charge in [-0.15, -0.1) is 11.3 Å². The van der Waals surface area contributed by atoms with Gasteiger partial charge in [0.25, 0.3) is 0 Å². The van der Waals surface area contributed by atoms with Crippen molar-refractivity contribution >= 4 is 29.3 Å². The topological polar surface area (TPSA) is 66.4 Å². The van der Waals surface area contributed by atoms with E-state index in [-0.39, 0.29) is 12.5 Å². The lowest BCUT2D eigenvalue weighted by molar-refractivity contribution is -0.148. The van der Waals surface area contributed by atoms with Gasteiger partial charge in [0.05, 0.1) is 5.41 Å². The Morgan fingerprint density at radius 2 is 2.21 bits per heavy atom. The lowest BCUT2D eigenvalue weighted by Gasteiger charge is -2.22. The minimum Gasteiger partial charge on any atom is -0.481 e. The van der Waals surface area contributed by atoms with Gasteiger partial charge in [0.1, 0.15) is 0 Å². The highest BCUT2D eigenvalue weighted by atomic mass is 32.1. The molecule has 0 spiro atoms. The standard InChI is InChI=1S/C14H19NO3S/c1-4-14(3,13(17)18)9-15-12(16)6-5-11-10(2)7-8-19-11/h5-8H,4,9H2,1-3H3,(H,15,16)(H,17,18)/b6-5+. The Balaban J connectivity index is 2.55. The summed E-state index contributed by atoms with van der Waals surface area (Å²) in [6.45, 7) is 5.53. The fraction of sp³-hybridized carbons (Fsp3) is 0.429. The highest BCUT2D eigenvalue weighted by Crippen LogP contribution is 2.20. The quantitative estimate of drug-likeness (QED) is 0.788. The second-order valence-electron chi connectivity index (χ2n) is 4.74. The maximum Gasteiger partial charge on any atom is 0.311 e. The maximum atomic E-state index is 11.6. The van der Waals surface area contributed by atoms with Crippen LogP contribution in [0.3, 0.4) is 0 Å². The van der Waals surface area contributed by atoms with Crippen LogP contribution in [0.5, 0.6) is 0 Å². The largest absolute Gasteiger partial charge is 0.481 e. The number of hydrogen-bond donors (Lipinski definition) is 2. The van der Waals surface area contributed by atoms with Gasteiger partial charge in [-0.25, -0.2) is 0 Å². The average molecular weight is 281 g/mol. The zero-order valence-corrected chi connectivity index (χ0v) is 12.2. The first-order valence-corrected chi connectivity index (χ1v) is 7.00. The molecule has 1 heterocycles. The van der Waals surface area contributed by atoms with Gasteiger partial charge in [0, 0.05) is 17.5 Å². The molecule has 5 heteroatoms. The Morgan fingerprint density at radius 1 is 1.53 bits per heavy atom. The van der Waals surface area contributed by atoms with Crippen LogP contribution in [0.4, 0.5) is 0 Å². The van der Waals surface area contributed by atoms with Crippen LogP contribution in [0.25, 0.3) is 6.08 Å². The van der Waals surface area contributed by atoms with Gasteiger partial charge in [-0.3, -0.25) is 9.59 Å². The van der Waals surface area contributed by atoms with E-state index in [1.165, 1.54) is 6.08 Å². The van der Waals surface area contributed by atoms with Gasteiger partial charge in [0.2, 0.25) is 5.91 Å². The molecule has 0 aliphatic carbocycles. The van der Waals surface area contributed by atoms with E-state index >= 15 is 0 Å². The third-order valence-electron chi connectivity index (χ3n) is 3.24. The first kappa shape index (κ1) is 15.4. The summed E-state index contributed by atoms with van der Waals surface area (Å²) in [6.07, 6.45) is 3.66. The van der Waals surface area contributed by atoms with Crippen molar-refractivity contribution in [2.75, 3.05) is 6.54 Å². The Kier molecular flexibility index (Phi) is 5.30. The molecule has 1 unspecified atom stereocenters. The molecular formula is C14H19NO3S. The molecule has 4 nitrogen and oxygen atoms in total. The number of nitrogens with one attached hydrogen (secondary N) is 1. The predicted molar refractivity (Wildman–Crippen MR) is 77.1 cm³/mol. The number of carbonyl (C=O) groups excluding carboxylic acids is 1. The van der Waals surface area contributed by atoms with E-state index in [1.54, 1.807) is 31.3 Å². The highest BCUT2D eigenvalue weighted by Gasteiger charge is 2.31. The molecule has 1 rings (SSSR count). The van der Waals surface area contributed by atoms with Gasteiger partial charge in [-0.05, 0) is 43.4 Å². The molecule has 0 saturated heterocycles. The smallest absolute Gasteiger partial charge is 0.311 e. The summed E-state index contributed by atoms with van der Waals surface area (Å²) < 4.78 is 0.